The normalized spacial score (nSPS) is 11.3. The topological polar surface area (TPSA) is 117 Å². The molecule has 0 aliphatic rings. The molecule has 3 rings (SSSR count). The van der Waals surface area contributed by atoms with Gasteiger partial charge in [0.05, 0.1) is 17.2 Å². The van der Waals surface area contributed by atoms with Crippen LogP contribution in [0.1, 0.15) is 18.1 Å². The van der Waals surface area contributed by atoms with Crippen LogP contribution < -0.4 is 24.8 Å². The molecule has 9 nitrogen and oxygen atoms in total. The summed E-state index contributed by atoms with van der Waals surface area (Å²) in [5, 5.41) is 7.06. The third kappa shape index (κ3) is 6.92. The highest BCUT2D eigenvalue weighted by Crippen LogP contribution is 2.36. The van der Waals surface area contributed by atoms with Crippen molar-refractivity contribution in [1.29, 1.82) is 0 Å². The first-order valence-electron chi connectivity index (χ1n) is 9.94. The Labute approximate surface area is 203 Å². The molecule has 4 N–H and O–H groups in total. The molecule has 0 bridgehead atoms. The molecule has 1 aromatic heterocycles. The van der Waals surface area contributed by atoms with Gasteiger partial charge in [0.2, 0.25) is 5.95 Å². The molecule has 0 aliphatic carbocycles. The van der Waals surface area contributed by atoms with Gasteiger partial charge in [0.15, 0.2) is 5.75 Å². The number of nitrogens with zero attached hydrogens (tertiary/aromatic N) is 2. The first-order valence-corrected chi connectivity index (χ1v) is 12.2. The predicted molar refractivity (Wildman–Crippen MR) is 132 cm³/mol. The smallest absolute Gasteiger partial charge is 0.277 e. The number of aromatic nitrogens is 2. The molecule has 2 aromatic carbocycles. The minimum absolute atomic E-state index is 0.184. The van der Waals surface area contributed by atoms with Crippen molar-refractivity contribution < 1.29 is 13.2 Å². The highest BCUT2D eigenvalue weighted by atomic mass is 35.5. The first kappa shape index (κ1) is 25.0. The second-order valence-corrected chi connectivity index (χ2v) is 9.37. The van der Waals surface area contributed by atoms with E-state index in [1.165, 1.54) is 7.11 Å². The van der Waals surface area contributed by atoms with Gasteiger partial charge in [0, 0.05) is 36.2 Å². The van der Waals surface area contributed by atoms with Crippen LogP contribution in [0, 0.1) is 6.92 Å². The number of ether oxygens (including phenoxy) is 1. The predicted octanol–water partition coefficient (Wildman–Crippen LogP) is 4.53. The number of aryl methyl sites for hydroxylation is 1. The molecule has 0 spiro atoms. The number of benzene rings is 2. The summed E-state index contributed by atoms with van der Waals surface area (Å²) < 4.78 is 33.4. The van der Waals surface area contributed by atoms with Crippen molar-refractivity contribution in [3.63, 3.8) is 0 Å². The van der Waals surface area contributed by atoms with E-state index in [1.807, 2.05) is 31.2 Å². The van der Waals surface area contributed by atoms with E-state index in [-0.39, 0.29) is 6.54 Å². The minimum atomic E-state index is -3.50. The number of hydrogen-bond acceptors (Lipinski definition) is 7. The van der Waals surface area contributed by atoms with Gasteiger partial charge in [-0.1, -0.05) is 42.3 Å². The van der Waals surface area contributed by atoms with Crippen LogP contribution >= 0.6 is 23.2 Å². The molecule has 0 aliphatic heterocycles. The summed E-state index contributed by atoms with van der Waals surface area (Å²) in [6.07, 6.45) is 1.69. The van der Waals surface area contributed by atoms with Crippen molar-refractivity contribution in [3.8, 4) is 5.75 Å². The monoisotopic (exact) mass is 510 g/mol. The van der Waals surface area contributed by atoms with Crippen LogP contribution in [0.3, 0.4) is 0 Å². The zero-order valence-electron chi connectivity index (χ0n) is 18.2. The number of methoxy groups -OCH3 is 1. The van der Waals surface area contributed by atoms with Gasteiger partial charge in [-0.2, -0.15) is 18.1 Å². The molecule has 33 heavy (non-hydrogen) atoms. The highest BCUT2D eigenvalue weighted by Gasteiger charge is 2.11. The SMILES string of the molecule is CCNS(=O)(=O)NCc1ccc(Nc2nc(Nc3cc(Cl)c(OC)c(Cl)c3)ncc2C)cc1. The van der Waals surface area contributed by atoms with Gasteiger partial charge in [0.25, 0.3) is 10.2 Å². The number of nitrogens with one attached hydrogen (secondary N) is 4. The fourth-order valence-electron chi connectivity index (χ4n) is 2.85. The molecule has 3 aromatic rings. The van der Waals surface area contributed by atoms with E-state index in [2.05, 4.69) is 30.0 Å². The summed E-state index contributed by atoms with van der Waals surface area (Å²) >= 11 is 12.4. The quantitative estimate of drug-likeness (QED) is 0.316. The highest BCUT2D eigenvalue weighted by molar-refractivity contribution is 7.87. The van der Waals surface area contributed by atoms with Crippen molar-refractivity contribution in [2.24, 2.45) is 0 Å². The van der Waals surface area contributed by atoms with Gasteiger partial charge < -0.3 is 15.4 Å². The molecule has 0 fully saturated rings. The van der Waals surface area contributed by atoms with Gasteiger partial charge in [-0.25, -0.2) is 9.71 Å². The summed E-state index contributed by atoms with van der Waals surface area (Å²) in [6, 6.07) is 10.7. The Bertz CT molecular complexity index is 1200. The molecule has 0 atom stereocenters. The second kappa shape index (κ2) is 11.0. The maximum atomic E-state index is 11.7. The maximum absolute atomic E-state index is 11.7. The zero-order valence-corrected chi connectivity index (χ0v) is 20.6. The Kier molecular flexibility index (Phi) is 8.33. The lowest BCUT2D eigenvalue weighted by Crippen LogP contribution is -2.35. The van der Waals surface area contributed by atoms with Crippen LogP contribution in [0.2, 0.25) is 10.0 Å². The Morgan fingerprint density at radius 3 is 2.27 bits per heavy atom. The van der Waals surface area contributed by atoms with Crippen LogP contribution in [0.5, 0.6) is 5.75 Å². The largest absolute Gasteiger partial charge is 0.494 e. The van der Waals surface area contributed by atoms with Crippen molar-refractivity contribution in [3.05, 3.63) is 63.8 Å². The Balaban J connectivity index is 1.70. The lowest BCUT2D eigenvalue weighted by atomic mass is 10.2. The maximum Gasteiger partial charge on any atom is 0.277 e. The molecule has 0 saturated carbocycles. The summed E-state index contributed by atoms with van der Waals surface area (Å²) in [5.41, 5.74) is 3.06. The molecule has 0 saturated heterocycles. The van der Waals surface area contributed by atoms with Crippen LogP contribution in [0.25, 0.3) is 0 Å². The van der Waals surface area contributed by atoms with Crippen molar-refractivity contribution in [2.75, 3.05) is 24.3 Å². The van der Waals surface area contributed by atoms with Crippen molar-refractivity contribution in [2.45, 2.75) is 20.4 Å². The van der Waals surface area contributed by atoms with Gasteiger partial charge >= 0.3 is 0 Å². The average Bonchev–Trinajstić information content (AvgIpc) is 2.75. The summed E-state index contributed by atoms with van der Waals surface area (Å²) in [4.78, 5) is 8.83. The van der Waals surface area contributed by atoms with Gasteiger partial charge in [-0.3, -0.25) is 0 Å². The van der Waals surface area contributed by atoms with E-state index < -0.39 is 10.2 Å². The lowest BCUT2D eigenvalue weighted by Gasteiger charge is -2.13. The molecule has 1 heterocycles. The average molecular weight is 511 g/mol. The molecule has 0 radical (unpaired) electrons. The Hall–Kier alpha value is -2.63. The minimum Gasteiger partial charge on any atom is -0.494 e. The third-order valence-electron chi connectivity index (χ3n) is 4.45. The van der Waals surface area contributed by atoms with E-state index >= 15 is 0 Å². The Morgan fingerprint density at radius 1 is 1.00 bits per heavy atom. The van der Waals surface area contributed by atoms with Crippen LogP contribution in [-0.2, 0) is 16.8 Å². The molecule has 12 heteroatoms. The van der Waals surface area contributed by atoms with Crippen LogP contribution in [0.4, 0.5) is 23.1 Å². The van der Waals surface area contributed by atoms with E-state index in [0.717, 1.165) is 16.8 Å². The lowest BCUT2D eigenvalue weighted by molar-refractivity contribution is 0.415. The van der Waals surface area contributed by atoms with E-state index in [4.69, 9.17) is 27.9 Å². The fraction of sp³-hybridized carbons (Fsp3) is 0.238. The molecular formula is C21H24Cl2N6O3S. The number of rotatable bonds is 10. The standard InChI is InChI=1S/C21H24Cl2N6O3S/c1-4-25-33(30,31)26-12-14-5-7-15(8-6-14)27-20-13(2)11-24-21(29-20)28-16-9-17(22)19(32-3)18(23)10-16/h5-11,25-26H,4,12H2,1-3H3,(H2,24,27,28,29). The fourth-order valence-corrected chi connectivity index (χ4v) is 4.33. The second-order valence-electron chi connectivity index (χ2n) is 6.97. The summed E-state index contributed by atoms with van der Waals surface area (Å²) in [6.45, 7) is 4.11. The molecule has 176 valence electrons. The number of anilines is 4. The van der Waals surface area contributed by atoms with E-state index in [1.54, 1.807) is 25.3 Å². The van der Waals surface area contributed by atoms with Crippen molar-refractivity contribution >= 4 is 56.6 Å². The Morgan fingerprint density at radius 2 is 1.67 bits per heavy atom. The van der Waals surface area contributed by atoms with Gasteiger partial charge in [0.1, 0.15) is 5.82 Å². The number of hydrogen-bond donors (Lipinski definition) is 4. The van der Waals surface area contributed by atoms with Crippen LogP contribution in [-0.4, -0.2) is 32.0 Å². The molecule has 0 amide bonds. The van der Waals surface area contributed by atoms with Gasteiger partial charge in [-0.15, -0.1) is 0 Å². The van der Waals surface area contributed by atoms with Gasteiger partial charge in [-0.05, 0) is 36.8 Å². The van der Waals surface area contributed by atoms with Crippen molar-refractivity contribution in [1.82, 2.24) is 19.4 Å². The molecule has 0 unspecified atom stereocenters. The third-order valence-corrected chi connectivity index (χ3v) is 6.20. The zero-order chi connectivity index (χ0) is 24.0. The molecular weight excluding hydrogens is 487 g/mol. The number of halogens is 2. The first-order chi connectivity index (χ1) is 15.7. The van der Waals surface area contributed by atoms with E-state index in [9.17, 15) is 8.42 Å². The summed E-state index contributed by atoms with van der Waals surface area (Å²) in [5.74, 6) is 1.36. The van der Waals surface area contributed by atoms with E-state index in [0.29, 0.717) is 39.8 Å². The summed E-state index contributed by atoms with van der Waals surface area (Å²) in [7, 11) is -2.00. The van der Waals surface area contributed by atoms with Crippen LogP contribution in [0.15, 0.2) is 42.6 Å².